The van der Waals surface area contributed by atoms with Gasteiger partial charge in [0.1, 0.15) is 43.7 Å². The number of hydrogen-bond acceptors (Lipinski definition) is 15. The molecule has 0 unspecified atom stereocenters. The molecule has 47 heavy (non-hydrogen) atoms. The third-order valence-corrected chi connectivity index (χ3v) is 7.28. The van der Waals surface area contributed by atoms with Crippen molar-refractivity contribution in [3.8, 4) is 0 Å². The molecule has 0 aliphatic carbocycles. The van der Waals surface area contributed by atoms with E-state index in [1.165, 1.54) is 0 Å². The molecule has 2 fully saturated rings. The van der Waals surface area contributed by atoms with Gasteiger partial charge in [0.2, 0.25) is 12.1 Å². The minimum absolute atomic E-state index is 0.0143. The number of carbonyl (C=O) groups is 4. The number of carbonyl (C=O) groups excluding carboxylic acids is 4. The van der Waals surface area contributed by atoms with Crippen LogP contribution in [-0.4, -0.2) is 119 Å². The van der Waals surface area contributed by atoms with Crippen LogP contribution in [-0.2, 0) is 52.3 Å². The van der Waals surface area contributed by atoms with Crippen LogP contribution in [0.5, 0.6) is 0 Å². The monoisotopic (exact) mass is 678 g/mol. The summed E-state index contributed by atoms with van der Waals surface area (Å²) in [4.78, 5) is 50.8. The molecule has 15 nitrogen and oxygen atoms in total. The lowest BCUT2D eigenvalue weighted by molar-refractivity contribution is -0.384. The van der Waals surface area contributed by atoms with Crippen LogP contribution in [0.15, 0.2) is 0 Å². The highest BCUT2D eigenvalue weighted by Gasteiger charge is 2.62. The molecule has 9 atom stereocenters. The van der Waals surface area contributed by atoms with E-state index in [2.05, 4.69) is 0 Å². The molecule has 2 heterocycles. The maximum atomic E-state index is 13.0. The lowest BCUT2D eigenvalue weighted by atomic mass is 9.98. The van der Waals surface area contributed by atoms with Crippen LogP contribution in [0.25, 0.3) is 0 Å². The lowest BCUT2D eigenvalue weighted by Crippen LogP contribution is -2.64. The topological polar surface area (TPSA) is 214 Å². The van der Waals surface area contributed by atoms with Crippen LogP contribution in [0.2, 0.25) is 0 Å². The summed E-state index contributed by atoms with van der Waals surface area (Å²) in [5, 5.41) is 42.9. The summed E-state index contributed by atoms with van der Waals surface area (Å²) >= 11 is 0. The standard InChI is InChI=1S/C32H54O15/c1-16(2)9-22(34)41-14-21-27(39)30(45-25(37)12-19(7)8)32(46-21,15-42-23(35)10-17(3)4)47-31-29(44-24(36)11-18(5)6)28(40)26(38)20(13-33)43-31/h16-21,26-31,33,38-40H,9-15H2,1-8H3/t20-,21-,26-,27-,28+,29-,30+,31-,32+/m0/s1. The molecule has 0 spiro atoms. The van der Waals surface area contributed by atoms with E-state index in [-0.39, 0.29) is 49.4 Å². The van der Waals surface area contributed by atoms with Gasteiger partial charge in [0.05, 0.1) is 6.61 Å². The van der Waals surface area contributed by atoms with Crippen LogP contribution >= 0.6 is 0 Å². The second-order valence-electron chi connectivity index (χ2n) is 13.9. The van der Waals surface area contributed by atoms with E-state index in [4.69, 9.17) is 33.2 Å². The van der Waals surface area contributed by atoms with Crippen molar-refractivity contribution >= 4 is 23.9 Å². The number of aliphatic hydroxyl groups is 4. The molecule has 15 heteroatoms. The average Bonchev–Trinajstić information content (AvgIpc) is 3.19. The second kappa shape index (κ2) is 18.4. The van der Waals surface area contributed by atoms with Gasteiger partial charge in [0.25, 0.3) is 0 Å². The molecule has 0 saturated carbocycles. The van der Waals surface area contributed by atoms with Gasteiger partial charge in [-0.15, -0.1) is 0 Å². The van der Waals surface area contributed by atoms with Gasteiger partial charge < -0.3 is 53.6 Å². The molecule has 0 aromatic rings. The van der Waals surface area contributed by atoms with Gasteiger partial charge >= 0.3 is 23.9 Å². The highest BCUT2D eigenvalue weighted by Crippen LogP contribution is 2.40. The number of ether oxygens (including phenoxy) is 7. The van der Waals surface area contributed by atoms with E-state index in [0.29, 0.717) is 0 Å². The summed E-state index contributed by atoms with van der Waals surface area (Å²) in [5.74, 6) is -5.58. The van der Waals surface area contributed by atoms with E-state index in [1.807, 2.05) is 13.8 Å². The van der Waals surface area contributed by atoms with Crippen LogP contribution < -0.4 is 0 Å². The van der Waals surface area contributed by atoms with Crippen molar-refractivity contribution in [3.63, 3.8) is 0 Å². The molecule has 0 radical (unpaired) electrons. The van der Waals surface area contributed by atoms with Crippen molar-refractivity contribution in [3.05, 3.63) is 0 Å². The number of hydrogen-bond donors (Lipinski definition) is 4. The molecule has 2 aliphatic heterocycles. The van der Waals surface area contributed by atoms with E-state index in [1.54, 1.807) is 41.5 Å². The number of rotatable bonds is 17. The fourth-order valence-electron chi connectivity index (χ4n) is 5.06. The van der Waals surface area contributed by atoms with Crippen LogP contribution in [0.3, 0.4) is 0 Å². The lowest BCUT2D eigenvalue weighted by Gasteiger charge is -2.45. The van der Waals surface area contributed by atoms with E-state index in [0.717, 1.165) is 0 Å². The maximum Gasteiger partial charge on any atom is 0.306 e. The van der Waals surface area contributed by atoms with Crippen LogP contribution in [0.4, 0.5) is 0 Å². The van der Waals surface area contributed by atoms with Gasteiger partial charge in [0, 0.05) is 25.7 Å². The van der Waals surface area contributed by atoms with Crippen LogP contribution in [0.1, 0.15) is 81.1 Å². The molecule has 4 N–H and O–H groups in total. The molecular formula is C32H54O15. The van der Waals surface area contributed by atoms with E-state index < -0.39 is 98.5 Å². The highest BCUT2D eigenvalue weighted by molar-refractivity contribution is 5.71. The third kappa shape index (κ3) is 12.2. The quantitative estimate of drug-likeness (QED) is 0.125. The summed E-state index contributed by atoms with van der Waals surface area (Å²) in [6, 6.07) is 0. The summed E-state index contributed by atoms with van der Waals surface area (Å²) in [7, 11) is 0. The van der Waals surface area contributed by atoms with E-state index in [9.17, 15) is 39.6 Å². The number of aliphatic hydroxyl groups excluding tert-OH is 4. The Morgan fingerprint density at radius 3 is 1.66 bits per heavy atom. The Hall–Kier alpha value is -2.40. The fraction of sp³-hybridized carbons (Fsp3) is 0.875. The van der Waals surface area contributed by atoms with Crippen molar-refractivity contribution < 1.29 is 72.8 Å². The van der Waals surface area contributed by atoms with Crippen LogP contribution in [0, 0.1) is 23.7 Å². The van der Waals surface area contributed by atoms with E-state index >= 15 is 0 Å². The summed E-state index contributed by atoms with van der Waals surface area (Å²) in [6.45, 7) is 12.2. The Kier molecular flexibility index (Phi) is 16.0. The molecule has 2 saturated heterocycles. The van der Waals surface area contributed by atoms with Gasteiger partial charge in [-0.2, -0.15) is 0 Å². The fourth-order valence-corrected chi connectivity index (χ4v) is 5.06. The van der Waals surface area contributed by atoms with Gasteiger partial charge in [-0.25, -0.2) is 0 Å². The predicted octanol–water partition coefficient (Wildman–Crippen LogP) is 0.992. The summed E-state index contributed by atoms with van der Waals surface area (Å²) in [6.07, 6.45) is -13.4. The average molecular weight is 679 g/mol. The zero-order valence-corrected chi connectivity index (χ0v) is 28.7. The minimum Gasteiger partial charge on any atom is -0.463 e. The SMILES string of the molecule is CC(C)CC(=O)OC[C@@H]1O[C@](COC(=O)CC(C)C)(O[C@@H]2O[C@@H](CO)[C@H](O)[C@@H](O)[C@@H]2OC(=O)CC(C)C)[C@H](OC(=O)CC(C)C)[C@H]1O. The first kappa shape index (κ1) is 40.8. The molecule has 2 rings (SSSR count). The molecule has 272 valence electrons. The van der Waals surface area contributed by atoms with Crippen molar-refractivity contribution in [2.45, 2.75) is 136 Å². The number of esters is 4. The Balaban J connectivity index is 2.58. The van der Waals surface area contributed by atoms with Crippen molar-refractivity contribution in [1.29, 1.82) is 0 Å². The van der Waals surface area contributed by atoms with Crippen molar-refractivity contribution in [2.24, 2.45) is 23.7 Å². The second-order valence-corrected chi connectivity index (χ2v) is 13.9. The molecule has 0 amide bonds. The summed E-state index contributed by atoms with van der Waals surface area (Å²) < 4.78 is 40.0. The van der Waals surface area contributed by atoms with Gasteiger partial charge in [0.15, 0.2) is 12.2 Å². The molecule has 2 aliphatic rings. The summed E-state index contributed by atoms with van der Waals surface area (Å²) in [5.41, 5.74) is 0. The molecule has 0 aromatic heterocycles. The molecule has 0 aromatic carbocycles. The maximum absolute atomic E-state index is 13.0. The third-order valence-electron chi connectivity index (χ3n) is 7.28. The first-order valence-electron chi connectivity index (χ1n) is 16.2. The Labute approximate surface area is 276 Å². The Bertz CT molecular complexity index is 1030. The normalized spacial score (nSPS) is 31.0. The first-order valence-corrected chi connectivity index (χ1v) is 16.2. The molecule has 0 bridgehead atoms. The zero-order valence-electron chi connectivity index (χ0n) is 28.7. The minimum atomic E-state index is -2.37. The predicted molar refractivity (Wildman–Crippen MR) is 162 cm³/mol. The molecular weight excluding hydrogens is 624 g/mol. The van der Waals surface area contributed by atoms with Gasteiger partial charge in [-0.05, 0) is 23.7 Å². The highest BCUT2D eigenvalue weighted by atomic mass is 16.8. The van der Waals surface area contributed by atoms with Gasteiger partial charge in [-0.1, -0.05) is 55.4 Å². The zero-order chi connectivity index (χ0) is 35.6. The van der Waals surface area contributed by atoms with Crippen molar-refractivity contribution in [1.82, 2.24) is 0 Å². The first-order chi connectivity index (χ1) is 21.9. The van der Waals surface area contributed by atoms with Gasteiger partial charge in [-0.3, -0.25) is 19.2 Å². The Morgan fingerprint density at radius 2 is 1.15 bits per heavy atom. The largest absolute Gasteiger partial charge is 0.463 e. The Morgan fingerprint density at radius 1 is 0.660 bits per heavy atom. The smallest absolute Gasteiger partial charge is 0.306 e. The van der Waals surface area contributed by atoms with Crippen molar-refractivity contribution in [2.75, 3.05) is 19.8 Å².